The fourth-order valence-corrected chi connectivity index (χ4v) is 2.23. The molecule has 0 aliphatic rings. The second kappa shape index (κ2) is 8.24. The van der Waals surface area contributed by atoms with Gasteiger partial charge in [0.1, 0.15) is 16.7 Å². The van der Waals surface area contributed by atoms with E-state index in [1.165, 1.54) is 13.8 Å². The monoisotopic (exact) mass is 260 g/mol. The highest BCUT2D eigenvalue weighted by molar-refractivity contribution is 5.97. The molecule has 0 saturated heterocycles. The molecular formula is C11H24N2O3Si. The zero-order chi connectivity index (χ0) is 13.4. The Kier molecular flexibility index (Phi) is 7.82. The van der Waals surface area contributed by atoms with Gasteiger partial charge in [-0.15, -0.1) is 0 Å². The molecule has 17 heavy (non-hydrogen) atoms. The Morgan fingerprint density at radius 3 is 1.76 bits per heavy atom. The van der Waals surface area contributed by atoms with E-state index in [2.05, 4.69) is 0 Å². The smallest absolute Gasteiger partial charge is 0.221 e. The lowest BCUT2D eigenvalue weighted by Gasteiger charge is -2.38. The van der Waals surface area contributed by atoms with Crippen molar-refractivity contribution in [1.82, 2.24) is 9.80 Å². The van der Waals surface area contributed by atoms with Gasteiger partial charge in [0.25, 0.3) is 0 Å². The summed E-state index contributed by atoms with van der Waals surface area (Å²) in [5, 5.41) is 0. The summed E-state index contributed by atoms with van der Waals surface area (Å²) < 4.78 is 5.18. The number of amides is 2. The van der Waals surface area contributed by atoms with Crippen LogP contribution in [0.2, 0.25) is 0 Å². The molecule has 0 heterocycles. The summed E-state index contributed by atoms with van der Waals surface area (Å²) in [5.41, 5.74) is 0. The van der Waals surface area contributed by atoms with Crippen LogP contribution in [-0.2, 0) is 14.0 Å². The van der Waals surface area contributed by atoms with E-state index in [1.807, 2.05) is 13.8 Å². The van der Waals surface area contributed by atoms with Crippen molar-refractivity contribution in [2.75, 3.05) is 19.7 Å². The topological polar surface area (TPSA) is 49.9 Å². The maximum absolute atomic E-state index is 11.6. The molecular weight excluding hydrogens is 236 g/mol. The number of carbonyl (C=O) groups excluding carboxylic acids is 2. The van der Waals surface area contributed by atoms with Gasteiger partial charge in [-0.25, -0.2) is 0 Å². The Balaban J connectivity index is 4.93. The molecule has 0 atom stereocenters. The van der Waals surface area contributed by atoms with E-state index in [-0.39, 0.29) is 18.0 Å². The van der Waals surface area contributed by atoms with E-state index in [4.69, 9.17) is 4.43 Å². The van der Waals surface area contributed by atoms with Crippen LogP contribution in [0.3, 0.4) is 0 Å². The standard InChI is InChI=1S/C11H24N2O3Si/c1-5-12(9(3)14)11(7-8-16-17)13(6-2)10(4)15/h11H,5-8H2,1-4,17H3. The first-order valence-electron chi connectivity index (χ1n) is 6.02. The molecule has 0 spiro atoms. The molecule has 0 aliphatic carbocycles. The minimum atomic E-state index is -0.186. The molecule has 0 rings (SSSR count). The molecule has 0 aromatic carbocycles. The molecule has 6 heteroatoms. The quantitative estimate of drug-likeness (QED) is 0.468. The summed E-state index contributed by atoms with van der Waals surface area (Å²) in [6.45, 7) is 8.70. The van der Waals surface area contributed by atoms with Crippen molar-refractivity contribution >= 4 is 22.3 Å². The van der Waals surface area contributed by atoms with E-state index >= 15 is 0 Å². The highest BCUT2D eigenvalue weighted by Crippen LogP contribution is 2.11. The summed E-state index contributed by atoms with van der Waals surface area (Å²) in [4.78, 5) is 26.6. The summed E-state index contributed by atoms with van der Waals surface area (Å²) in [5.74, 6) is -0.0175. The maximum Gasteiger partial charge on any atom is 0.221 e. The van der Waals surface area contributed by atoms with Gasteiger partial charge in [-0.2, -0.15) is 0 Å². The molecule has 2 amide bonds. The summed E-state index contributed by atoms with van der Waals surface area (Å²) in [6, 6.07) is 0. The van der Waals surface area contributed by atoms with Crippen molar-refractivity contribution in [1.29, 1.82) is 0 Å². The zero-order valence-electron chi connectivity index (χ0n) is 11.5. The van der Waals surface area contributed by atoms with Gasteiger partial charge >= 0.3 is 0 Å². The van der Waals surface area contributed by atoms with Crippen molar-refractivity contribution in [3.63, 3.8) is 0 Å². The van der Waals surface area contributed by atoms with E-state index < -0.39 is 0 Å². The number of rotatable bonds is 7. The molecule has 100 valence electrons. The van der Waals surface area contributed by atoms with Gasteiger partial charge in [-0.3, -0.25) is 9.59 Å². The molecule has 5 nitrogen and oxygen atoms in total. The number of hydrogen-bond acceptors (Lipinski definition) is 3. The SMILES string of the molecule is CCN(C(C)=O)C(CCO[SiH3])N(CC)C(C)=O. The van der Waals surface area contributed by atoms with Crippen LogP contribution in [0.15, 0.2) is 0 Å². The van der Waals surface area contributed by atoms with Crippen LogP contribution >= 0.6 is 0 Å². The molecule has 0 N–H and O–H groups in total. The van der Waals surface area contributed by atoms with Gasteiger partial charge in [0.2, 0.25) is 11.8 Å². The molecule has 0 bridgehead atoms. The van der Waals surface area contributed by atoms with Crippen LogP contribution in [0.5, 0.6) is 0 Å². The maximum atomic E-state index is 11.6. The largest absolute Gasteiger partial charge is 0.428 e. The van der Waals surface area contributed by atoms with E-state index in [0.717, 1.165) is 0 Å². The second-order valence-corrected chi connectivity index (χ2v) is 4.45. The lowest BCUT2D eigenvalue weighted by Crippen LogP contribution is -2.52. The van der Waals surface area contributed by atoms with Crippen LogP contribution in [0.25, 0.3) is 0 Å². The van der Waals surface area contributed by atoms with E-state index in [9.17, 15) is 9.59 Å². The molecule has 0 saturated carbocycles. The Hall–Kier alpha value is -0.883. The number of nitrogens with zero attached hydrogens (tertiary/aromatic N) is 2. The Labute approximate surface area is 107 Å². The highest BCUT2D eigenvalue weighted by Gasteiger charge is 2.26. The molecule has 0 aliphatic heterocycles. The third-order valence-electron chi connectivity index (χ3n) is 2.79. The van der Waals surface area contributed by atoms with Gasteiger partial charge in [0.15, 0.2) is 0 Å². The van der Waals surface area contributed by atoms with E-state index in [1.54, 1.807) is 9.80 Å². The van der Waals surface area contributed by atoms with Crippen molar-refractivity contribution < 1.29 is 14.0 Å². The summed E-state index contributed by atoms with van der Waals surface area (Å²) in [6.07, 6.45) is 0.485. The zero-order valence-corrected chi connectivity index (χ0v) is 13.5. The number of hydrogen-bond donors (Lipinski definition) is 0. The van der Waals surface area contributed by atoms with Crippen LogP contribution in [-0.4, -0.2) is 58.0 Å². The van der Waals surface area contributed by atoms with E-state index in [0.29, 0.717) is 36.6 Å². The second-order valence-electron chi connectivity index (χ2n) is 3.87. The van der Waals surface area contributed by atoms with Crippen LogP contribution in [0.4, 0.5) is 0 Å². The van der Waals surface area contributed by atoms with Crippen molar-refractivity contribution in [3.05, 3.63) is 0 Å². The van der Waals surface area contributed by atoms with Gasteiger partial charge < -0.3 is 14.2 Å². The first-order valence-corrected chi connectivity index (χ1v) is 6.84. The number of carbonyl (C=O) groups is 2. The third kappa shape index (κ3) is 4.87. The van der Waals surface area contributed by atoms with Gasteiger partial charge in [-0.05, 0) is 13.8 Å². The van der Waals surface area contributed by atoms with Crippen molar-refractivity contribution in [2.24, 2.45) is 0 Å². The Bertz CT molecular complexity index is 239. The van der Waals surface area contributed by atoms with Crippen LogP contribution in [0, 0.1) is 0 Å². The minimum absolute atomic E-state index is 0.00875. The minimum Gasteiger partial charge on any atom is -0.428 e. The lowest BCUT2D eigenvalue weighted by atomic mass is 10.2. The van der Waals surface area contributed by atoms with Gasteiger partial charge in [-0.1, -0.05) is 0 Å². The Morgan fingerprint density at radius 2 is 1.53 bits per heavy atom. The molecule has 0 aromatic heterocycles. The summed E-state index contributed by atoms with van der Waals surface area (Å²) >= 11 is 0. The predicted octanol–water partition coefficient (Wildman–Crippen LogP) is -0.264. The van der Waals surface area contributed by atoms with Crippen molar-refractivity contribution in [3.8, 4) is 0 Å². The van der Waals surface area contributed by atoms with Gasteiger partial charge in [0, 0.05) is 40.0 Å². The average Bonchev–Trinajstić information content (AvgIpc) is 2.25. The fourth-order valence-electron chi connectivity index (χ4n) is 1.99. The highest BCUT2D eigenvalue weighted by atomic mass is 28.2. The molecule has 0 unspecified atom stereocenters. The first kappa shape index (κ1) is 16.1. The Morgan fingerprint density at radius 1 is 1.12 bits per heavy atom. The van der Waals surface area contributed by atoms with Gasteiger partial charge in [0.05, 0.1) is 0 Å². The predicted molar refractivity (Wildman–Crippen MR) is 70.4 cm³/mol. The third-order valence-corrected chi connectivity index (χ3v) is 3.20. The normalized spacial score (nSPS) is 10.6. The molecule has 0 fully saturated rings. The lowest BCUT2D eigenvalue weighted by molar-refractivity contribution is -0.143. The average molecular weight is 260 g/mol. The van der Waals surface area contributed by atoms with Crippen molar-refractivity contribution in [2.45, 2.75) is 40.3 Å². The molecule has 0 radical (unpaired) electrons. The first-order chi connectivity index (χ1) is 7.99. The van der Waals surface area contributed by atoms with Crippen LogP contribution < -0.4 is 0 Å². The van der Waals surface area contributed by atoms with Crippen LogP contribution in [0.1, 0.15) is 34.1 Å². The fraction of sp³-hybridized carbons (Fsp3) is 0.818. The molecule has 0 aromatic rings. The summed E-state index contributed by atoms with van der Waals surface area (Å²) in [7, 11) is 0.675.